The van der Waals surface area contributed by atoms with Gasteiger partial charge in [-0.05, 0) is 0 Å². The van der Waals surface area contributed by atoms with Gasteiger partial charge in [0, 0.05) is 26.1 Å². The molecule has 2 aromatic heterocycles. The largest absolute Gasteiger partial charge is 0.383 e. The van der Waals surface area contributed by atoms with Gasteiger partial charge in [0.1, 0.15) is 6.33 Å². The fourth-order valence-corrected chi connectivity index (χ4v) is 1.42. The van der Waals surface area contributed by atoms with E-state index in [0.717, 1.165) is 24.5 Å². The summed E-state index contributed by atoms with van der Waals surface area (Å²) in [5.41, 5.74) is 0.843. The molecule has 0 bridgehead atoms. The van der Waals surface area contributed by atoms with Crippen LogP contribution in [0.2, 0.25) is 5.15 Å². The molecule has 0 radical (unpaired) electrons. The Morgan fingerprint density at radius 1 is 1.50 bits per heavy atom. The van der Waals surface area contributed by atoms with Crippen LogP contribution in [0, 0.1) is 0 Å². The fourth-order valence-electron chi connectivity index (χ4n) is 1.25. The molecule has 0 aromatic carbocycles. The van der Waals surface area contributed by atoms with Crippen LogP contribution in [0.4, 0.5) is 5.69 Å². The third-order valence-corrected chi connectivity index (χ3v) is 2.13. The first-order valence-corrected chi connectivity index (χ1v) is 5.18. The van der Waals surface area contributed by atoms with Crippen molar-refractivity contribution in [3.63, 3.8) is 0 Å². The van der Waals surface area contributed by atoms with Crippen molar-refractivity contribution in [1.82, 2.24) is 25.0 Å². The molecule has 0 atom stereocenters. The molecule has 0 saturated carbocycles. The van der Waals surface area contributed by atoms with E-state index in [0.29, 0.717) is 5.15 Å². The third-order valence-electron chi connectivity index (χ3n) is 1.95. The molecule has 0 aliphatic heterocycles. The van der Waals surface area contributed by atoms with Gasteiger partial charge in [-0.1, -0.05) is 11.6 Å². The average Bonchev–Trinajstić information content (AvgIpc) is 2.64. The molecule has 0 aliphatic carbocycles. The first-order chi connectivity index (χ1) is 7.74. The van der Waals surface area contributed by atoms with Gasteiger partial charge in [0.2, 0.25) is 0 Å². The molecule has 0 saturated heterocycles. The van der Waals surface area contributed by atoms with Crippen LogP contribution in [0.5, 0.6) is 0 Å². The second-order valence-electron chi connectivity index (χ2n) is 3.28. The lowest BCUT2D eigenvalue weighted by Crippen LogP contribution is -2.06. The van der Waals surface area contributed by atoms with E-state index in [1.54, 1.807) is 23.3 Å². The number of hydrogen-bond acceptors (Lipinski definition) is 5. The van der Waals surface area contributed by atoms with Gasteiger partial charge in [-0.3, -0.25) is 4.68 Å². The quantitative estimate of drug-likeness (QED) is 0.858. The van der Waals surface area contributed by atoms with Crippen molar-refractivity contribution in [3.05, 3.63) is 29.6 Å². The molecular formula is C9H11ClN6. The highest BCUT2D eigenvalue weighted by Gasteiger charge is 1.99. The highest BCUT2D eigenvalue weighted by molar-refractivity contribution is 6.29. The summed E-state index contributed by atoms with van der Waals surface area (Å²) in [4.78, 5) is 4.12. The molecule has 2 rings (SSSR count). The van der Waals surface area contributed by atoms with Gasteiger partial charge in [-0.25, -0.2) is 4.98 Å². The molecular weight excluding hydrogens is 228 g/mol. The third kappa shape index (κ3) is 2.90. The minimum Gasteiger partial charge on any atom is -0.383 e. The van der Waals surface area contributed by atoms with Gasteiger partial charge in [-0.2, -0.15) is 10.2 Å². The summed E-state index contributed by atoms with van der Waals surface area (Å²) in [5.74, 6) is 0.808. The summed E-state index contributed by atoms with van der Waals surface area (Å²) < 4.78 is 1.68. The van der Waals surface area contributed by atoms with Crippen LogP contribution in [0.1, 0.15) is 5.82 Å². The predicted molar refractivity (Wildman–Crippen MR) is 60.2 cm³/mol. The molecule has 0 fully saturated rings. The van der Waals surface area contributed by atoms with E-state index in [1.165, 1.54) is 0 Å². The number of halogens is 1. The Morgan fingerprint density at radius 3 is 3.06 bits per heavy atom. The molecule has 0 amide bonds. The number of aryl methyl sites for hydroxylation is 1. The van der Waals surface area contributed by atoms with E-state index in [1.807, 2.05) is 7.05 Å². The van der Waals surface area contributed by atoms with Crippen LogP contribution in [-0.2, 0) is 13.5 Å². The Hall–Kier alpha value is -1.69. The summed E-state index contributed by atoms with van der Waals surface area (Å²) >= 11 is 5.70. The van der Waals surface area contributed by atoms with Crippen molar-refractivity contribution in [2.75, 3.05) is 11.9 Å². The Bertz CT molecular complexity index is 469. The lowest BCUT2D eigenvalue weighted by atomic mass is 10.4. The Morgan fingerprint density at radius 2 is 2.38 bits per heavy atom. The summed E-state index contributed by atoms with van der Waals surface area (Å²) in [5, 5.41) is 15.1. The maximum Gasteiger partial charge on any atom is 0.153 e. The van der Waals surface area contributed by atoms with Gasteiger partial charge >= 0.3 is 0 Å². The van der Waals surface area contributed by atoms with Gasteiger partial charge in [0.15, 0.2) is 11.0 Å². The van der Waals surface area contributed by atoms with Crippen LogP contribution in [0.15, 0.2) is 18.6 Å². The van der Waals surface area contributed by atoms with Crippen molar-refractivity contribution >= 4 is 17.3 Å². The first-order valence-electron chi connectivity index (χ1n) is 4.80. The zero-order valence-electron chi connectivity index (χ0n) is 8.76. The predicted octanol–water partition coefficient (Wildman–Crippen LogP) is 0.913. The topological polar surface area (TPSA) is 68.5 Å². The van der Waals surface area contributed by atoms with Gasteiger partial charge in [0.05, 0.1) is 11.9 Å². The molecule has 84 valence electrons. The van der Waals surface area contributed by atoms with Crippen LogP contribution in [0.3, 0.4) is 0 Å². The van der Waals surface area contributed by atoms with Crippen LogP contribution in [-0.4, -0.2) is 31.5 Å². The Labute approximate surface area is 97.7 Å². The average molecular weight is 239 g/mol. The van der Waals surface area contributed by atoms with Crippen molar-refractivity contribution in [1.29, 1.82) is 0 Å². The summed E-state index contributed by atoms with van der Waals surface area (Å²) in [6, 6.07) is 1.72. The number of nitrogens with one attached hydrogen (secondary N) is 1. The molecule has 6 nitrogen and oxygen atoms in total. The molecule has 2 aromatic rings. The van der Waals surface area contributed by atoms with Crippen LogP contribution in [0.25, 0.3) is 0 Å². The fraction of sp³-hybridized carbons (Fsp3) is 0.333. The Balaban J connectivity index is 1.84. The van der Waals surface area contributed by atoms with Gasteiger partial charge in [-0.15, -0.1) is 5.10 Å². The van der Waals surface area contributed by atoms with E-state index >= 15 is 0 Å². The molecule has 1 N–H and O–H groups in total. The van der Waals surface area contributed by atoms with E-state index in [-0.39, 0.29) is 0 Å². The SMILES string of the molecule is Cn1cnc(CCNc2cnnc(Cl)c2)n1. The monoisotopic (exact) mass is 238 g/mol. The van der Waals surface area contributed by atoms with Crippen molar-refractivity contribution in [3.8, 4) is 0 Å². The summed E-state index contributed by atoms with van der Waals surface area (Å²) in [7, 11) is 1.84. The molecule has 0 spiro atoms. The summed E-state index contributed by atoms with van der Waals surface area (Å²) in [6.07, 6.45) is 4.05. The molecule has 0 aliphatic rings. The number of aromatic nitrogens is 5. The lowest BCUT2D eigenvalue weighted by Gasteiger charge is -2.03. The molecule has 7 heteroatoms. The van der Waals surface area contributed by atoms with E-state index in [9.17, 15) is 0 Å². The zero-order valence-corrected chi connectivity index (χ0v) is 9.52. The zero-order chi connectivity index (χ0) is 11.4. The number of rotatable bonds is 4. The maximum atomic E-state index is 5.70. The highest BCUT2D eigenvalue weighted by Crippen LogP contribution is 2.09. The van der Waals surface area contributed by atoms with E-state index < -0.39 is 0 Å². The molecule has 0 unspecified atom stereocenters. The smallest absolute Gasteiger partial charge is 0.153 e. The van der Waals surface area contributed by atoms with Crippen molar-refractivity contribution in [2.24, 2.45) is 7.05 Å². The minimum atomic E-state index is 0.376. The number of anilines is 1. The lowest BCUT2D eigenvalue weighted by molar-refractivity contribution is 0.742. The van der Waals surface area contributed by atoms with Crippen LogP contribution >= 0.6 is 11.6 Å². The normalized spacial score (nSPS) is 10.4. The van der Waals surface area contributed by atoms with E-state index in [4.69, 9.17) is 11.6 Å². The minimum absolute atomic E-state index is 0.376. The standard InChI is InChI=1S/C9H11ClN6/c1-16-6-12-9(15-16)2-3-11-7-4-8(10)14-13-5-7/h4-6H,2-3H2,1H3,(H,11,14). The van der Waals surface area contributed by atoms with Crippen molar-refractivity contribution < 1.29 is 0 Å². The Kier molecular flexibility index (Phi) is 3.31. The van der Waals surface area contributed by atoms with Gasteiger partial charge < -0.3 is 5.32 Å². The number of nitrogens with zero attached hydrogens (tertiary/aromatic N) is 5. The van der Waals surface area contributed by atoms with Gasteiger partial charge in [0.25, 0.3) is 0 Å². The summed E-state index contributed by atoms with van der Waals surface area (Å²) in [6.45, 7) is 0.728. The highest BCUT2D eigenvalue weighted by atomic mass is 35.5. The molecule has 16 heavy (non-hydrogen) atoms. The first kappa shape index (κ1) is 10.8. The molecule has 2 heterocycles. The second-order valence-corrected chi connectivity index (χ2v) is 3.67. The van der Waals surface area contributed by atoms with Crippen molar-refractivity contribution in [2.45, 2.75) is 6.42 Å². The second kappa shape index (κ2) is 4.89. The van der Waals surface area contributed by atoms with E-state index in [2.05, 4.69) is 25.6 Å². The maximum absolute atomic E-state index is 5.70. The van der Waals surface area contributed by atoms with Crippen LogP contribution < -0.4 is 5.32 Å². The number of hydrogen-bond donors (Lipinski definition) is 1.